The van der Waals surface area contributed by atoms with Crippen LogP contribution in [0.15, 0.2) is 53.4 Å². The molecule has 1 amide bonds. The van der Waals surface area contributed by atoms with Crippen molar-refractivity contribution in [3.63, 3.8) is 0 Å². The molecule has 3 rings (SSSR count). The zero-order valence-electron chi connectivity index (χ0n) is 14.7. The number of nitrogens with zero attached hydrogens (tertiary/aromatic N) is 2. The largest absolute Gasteiger partial charge is 0.303 e. The molecule has 0 bridgehead atoms. The van der Waals surface area contributed by atoms with Gasteiger partial charge in [0.1, 0.15) is 11.9 Å². The molecule has 0 radical (unpaired) electrons. The summed E-state index contributed by atoms with van der Waals surface area (Å²) in [5, 5.41) is 8.94. The Morgan fingerprint density at radius 1 is 1.07 bits per heavy atom. The molecule has 2 N–H and O–H groups in total. The average molecular weight is 393 g/mol. The molecule has 1 heterocycles. The van der Waals surface area contributed by atoms with Crippen molar-refractivity contribution < 1.29 is 22.8 Å². The lowest BCUT2D eigenvalue weighted by molar-refractivity contribution is -0.134. The monoisotopic (exact) mass is 393 g/mol. The van der Waals surface area contributed by atoms with E-state index in [9.17, 15) is 17.6 Å². The minimum absolute atomic E-state index is 0.0497. The summed E-state index contributed by atoms with van der Waals surface area (Å²) in [6, 6.07) is 11.1. The third kappa shape index (κ3) is 4.01. The van der Waals surface area contributed by atoms with Gasteiger partial charge in [0.2, 0.25) is 10.0 Å². The Kier molecular flexibility index (Phi) is 5.56. The standard InChI is InChI=1S/C18H20FN3O4S/c1-21-10-11-22(17(12-21)18(23)20-24)27(25,26)16-8-4-14(5-9-16)13-2-6-15(19)7-3-13/h2-9,17,24H,10-12H2,1H3,(H,20,23). The molecule has 0 aliphatic carbocycles. The van der Waals surface area contributed by atoms with Gasteiger partial charge < -0.3 is 4.90 Å². The topological polar surface area (TPSA) is 90.0 Å². The molecule has 0 aromatic heterocycles. The molecule has 9 heteroatoms. The number of piperazine rings is 1. The third-order valence-corrected chi connectivity index (χ3v) is 6.51. The van der Waals surface area contributed by atoms with Gasteiger partial charge in [-0.1, -0.05) is 24.3 Å². The number of hydrogen-bond acceptors (Lipinski definition) is 5. The molecule has 1 aliphatic rings. The van der Waals surface area contributed by atoms with Gasteiger partial charge in [0.05, 0.1) is 4.90 Å². The summed E-state index contributed by atoms with van der Waals surface area (Å²) in [6.07, 6.45) is 0. The summed E-state index contributed by atoms with van der Waals surface area (Å²) < 4.78 is 40.2. The molecule has 1 aliphatic heterocycles. The molecular weight excluding hydrogens is 373 g/mol. The number of likely N-dealkylation sites (N-methyl/N-ethyl adjacent to an activating group) is 1. The maximum Gasteiger partial charge on any atom is 0.263 e. The Bertz CT molecular complexity index is 917. The second-order valence-corrected chi connectivity index (χ2v) is 8.29. The Hall–Kier alpha value is -2.33. The lowest BCUT2D eigenvalue weighted by atomic mass is 10.1. The van der Waals surface area contributed by atoms with Gasteiger partial charge in [0, 0.05) is 19.6 Å². The molecule has 144 valence electrons. The molecule has 1 atom stereocenters. The van der Waals surface area contributed by atoms with E-state index in [0.717, 1.165) is 15.4 Å². The minimum Gasteiger partial charge on any atom is -0.303 e. The van der Waals surface area contributed by atoms with Crippen molar-refractivity contribution in [2.45, 2.75) is 10.9 Å². The van der Waals surface area contributed by atoms with Gasteiger partial charge in [-0.3, -0.25) is 10.0 Å². The Morgan fingerprint density at radius 2 is 1.63 bits per heavy atom. The van der Waals surface area contributed by atoms with Crippen LogP contribution >= 0.6 is 0 Å². The van der Waals surface area contributed by atoms with Crippen LogP contribution in [0.5, 0.6) is 0 Å². The van der Waals surface area contributed by atoms with E-state index in [1.807, 2.05) is 4.90 Å². The van der Waals surface area contributed by atoms with Crippen molar-refractivity contribution in [3.05, 3.63) is 54.3 Å². The fourth-order valence-electron chi connectivity index (χ4n) is 3.08. The zero-order chi connectivity index (χ0) is 19.6. The summed E-state index contributed by atoms with van der Waals surface area (Å²) in [4.78, 5) is 13.8. The maximum atomic E-state index is 13.0. The normalized spacial score (nSPS) is 19.0. The molecule has 27 heavy (non-hydrogen) atoms. The smallest absolute Gasteiger partial charge is 0.263 e. The first kappa shape index (κ1) is 19.4. The molecule has 0 spiro atoms. The minimum atomic E-state index is -3.92. The number of rotatable bonds is 4. The molecular formula is C18H20FN3O4S. The highest BCUT2D eigenvalue weighted by Gasteiger charge is 2.39. The summed E-state index contributed by atoms with van der Waals surface area (Å²) in [6.45, 7) is 0.790. The van der Waals surface area contributed by atoms with Crippen LogP contribution < -0.4 is 5.48 Å². The number of nitrogens with one attached hydrogen (secondary N) is 1. The van der Waals surface area contributed by atoms with Gasteiger partial charge >= 0.3 is 0 Å². The second kappa shape index (κ2) is 7.73. The van der Waals surface area contributed by atoms with E-state index in [1.54, 1.807) is 36.8 Å². The number of halogens is 1. The van der Waals surface area contributed by atoms with Crippen molar-refractivity contribution >= 4 is 15.9 Å². The van der Waals surface area contributed by atoms with Crippen LogP contribution in [-0.2, 0) is 14.8 Å². The first-order valence-corrected chi connectivity index (χ1v) is 9.77. The van der Waals surface area contributed by atoms with Gasteiger partial charge in [-0.15, -0.1) is 0 Å². The zero-order valence-corrected chi connectivity index (χ0v) is 15.5. The van der Waals surface area contributed by atoms with Crippen LogP contribution in [0.4, 0.5) is 4.39 Å². The summed E-state index contributed by atoms with van der Waals surface area (Å²) in [7, 11) is -2.14. The van der Waals surface area contributed by atoms with E-state index in [-0.39, 0.29) is 23.8 Å². The highest BCUT2D eigenvalue weighted by molar-refractivity contribution is 7.89. The fraction of sp³-hybridized carbons (Fsp3) is 0.278. The summed E-state index contributed by atoms with van der Waals surface area (Å²) in [5.74, 6) is -1.12. The lowest BCUT2D eigenvalue weighted by Gasteiger charge is -2.37. The number of hydroxylamine groups is 1. The highest BCUT2D eigenvalue weighted by Crippen LogP contribution is 2.25. The molecule has 7 nitrogen and oxygen atoms in total. The molecule has 0 saturated carbocycles. The van der Waals surface area contributed by atoms with Crippen molar-refractivity contribution in [2.24, 2.45) is 0 Å². The first-order chi connectivity index (χ1) is 12.8. The van der Waals surface area contributed by atoms with Crippen LogP contribution in [-0.4, -0.2) is 61.5 Å². The predicted molar refractivity (Wildman–Crippen MR) is 96.9 cm³/mol. The van der Waals surface area contributed by atoms with Crippen molar-refractivity contribution in [1.29, 1.82) is 0 Å². The number of sulfonamides is 1. The van der Waals surface area contributed by atoms with Crippen molar-refractivity contribution in [1.82, 2.24) is 14.7 Å². The van der Waals surface area contributed by atoms with Gasteiger partial charge in [-0.25, -0.2) is 18.3 Å². The predicted octanol–water partition coefficient (Wildman–Crippen LogP) is 1.30. The van der Waals surface area contributed by atoms with E-state index >= 15 is 0 Å². The number of hydrogen-bond donors (Lipinski definition) is 2. The van der Waals surface area contributed by atoms with Gasteiger partial charge in [-0.2, -0.15) is 4.31 Å². The Labute approximate surface area is 157 Å². The van der Waals surface area contributed by atoms with Crippen LogP contribution in [0.2, 0.25) is 0 Å². The highest BCUT2D eigenvalue weighted by atomic mass is 32.2. The van der Waals surface area contributed by atoms with Crippen LogP contribution in [0.3, 0.4) is 0 Å². The molecule has 1 unspecified atom stereocenters. The van der Waals surface area contributed by atoms with Crippen LogP contribution in [0, 0.1) is 5.82 Å². The maximum absolute atomic E-state index is 13.0. The van der Waals surface area contributed by atoms with Gasteiger partial charge in [0.25, 0.3) is 5.91 Å². The van der Waals surface area contributed by atoms with E-state index in [1.165, 1.54) is 24.3 Å². The molecule has 2 aromatic rings. The van der Waals surface area contributed by atoms with E-state index in [4.69, 9.17) is 5.21 Å². The number of amides is 1. The average Bonchev–Trinajstić information content (AvgIpc) is 2.67. The molecule has 1 saturated heterocycles. The number of carbonyl (C=O) groups is 1. The van der Waals surface area contributed by atoms with E-state index in [2.05, 4.69) is 0 Å². The van der Waals surface area contributed by atoms with Crippen molar-refractivity contribution in [3.8, 4) is 11.1 Å². The van der Waals surface area contributed by atoms with E-state index < -0.39 is 22.0 Å². The van der Waals surface area contributed by atoms with Gasteiger partial charge in [0.15, 0.2) is 0 Å². The third-order valence-electron chi connectivity index (χ3n) is 4.59. The Balaban J connectivity index is 1.89. The summed E-state index contributed by atoms with van der Waals surface area (Å²) in [5.41, 5.74) is 3.05. The summed E-state index contributed by atoms with van der Waals surface area (Å²) >= 11 is 0. The molecule has 2 aromatic carbocycles. The lowest BCUT2D eigenvalue weighted by Crippen LogP contribution is -2.59. The van der Waals surface area contributed by atoms with Crippen LogP contribution in [0.1, 0.15) is 0 Å². The SMILES string of the molecule is CN1CCN(S(=O)(=O)c2ccc(-c3ccc(F)cc3)cc2)C(C(=O)NO)C1. The molecule has 1 fully saturated rings. The Morgan fingerprint density at radius 3 is 2.19 bits per heavy atom. The number of carbonyl (C=O) groups excluding carboxylic acids is 1. The number of benzene rings is 2. The van der Waals surface area contributed by atoms with Crippen molar-refractivity contribution in [2.75, 3.05) is 26.7 Å². The van der Waals surface area contributed by atoms with Gasteiger partial charge in [-0.05, 0) is 42.4 Å². The first-order valence-electron chi connectivity index (χ1n) is 8.33. The van der Waals surface area contributed by atoms with Crippen LogP contribution in [0.25, 0.3) is 11.1 Å². The van der Waals surface area contributed by atoms with E-state index in [0.29, 0.717) is 6.54 Å². The fourth-order valence-corrected chi connectivity index (χ4v) is 4.65. The second-order valence-electron chi connectivity index (χ2n) is 6.40. The quantitative estimate of drug-likeness (QED) is 0.604.